The van der Waals surface area contributed by atoms with Gasteiger partial charge in [-0.3, -0.25) is 9.89 Å². The van der Waals surface area contributed by atoms with Gasteiger partial charge in [0.1, 0.15) is 0 Å². The molecule has 1 fully saturated rings. The van der Waals surface area contributed by atoms with Crippen molar-refractivity contribution in [1.82, 2.24) is 15.1 Å². The van der Waals surface area contributed by atoms with E-state index in [0.717, 1.165) is 30.8 Å². The van der Waals surface area contributed by atoms with Gasteiger partial charge in [-0.15, -0.1) is 0 Å². The molecule has 0 spiro atoms. The first kappa shape index (κ1) is 13.1. The van der Waals surface area contributed by atoms with Gasteiger partial charge >= 0.3 is 0 Å². The van der Waals surface area contributed by atoms with Crippen molar-refractivity contribution in [2.24, 2.45) is 11.7 Å². The Kier molecular flexibility index (Phi) is 3.71. The zero-order valence-corrected chi connectivity index (χ0v) is 11.4. The Labute approximate surface area is 108 Å². The zero-order valence-electron chi connectivity index (χ0n) is 11.4. The summed E-state index contributed by atoms with van der Waals surface area (Å²) in [7, 11) is 0. The van der Waals surface area contributed by atoms with Crippen molar-refractivity contribution in [3.05, 3.63) is 17.0 Å². The Balaban J connectivity index is 2.23. The summed E-state index contributed by atoms with van der Waals surface area (Å²) >= 11 is 0. The molecule has 5 heteroatoms. The summed E-state index contributed by atoms with van der Waals surface area (Å²) in [4.78, 5) is 14.5. The number of carbonyl (C=O) groups excluding carboxylic acids is 1. The van der Waals surface area contributed by atoms with Crippen molar-refractivity contribution in [2.75, 3.05) is 13.1 Å². The smallest absolute Gasteiger partial charge is 0.257 e. The number of aryl methyl sites for hydroxylation is 2. The maximum Gasteiger partial charge on any atom is 0.257 e. The van der Waals surface area contributed by atoms with Crippen LogP contribution in [-0.4, -0.2) is 40.1 Å². The minimum atomic E-state index is 0.0705. The standard InChI is InChI=1S/C13H22N4O/c1-8-4-5-17(11(6-8)7-14)13(18)12-9(2)15-16-10(12)3/h8,11H,4-7,14H2,1-3H3,(H,15,16). The lowest BCUT2D eigenvalue weighted by atomic mass is 9.91. The van der Waals surface area contributed by atoms with Gasteiger partial charge < -0.3 is 10.6 Å². The predicted molar refractivity (Wildman–Crippen MR) is 70.3 cm³/mol. The quantitative estimate of drug-likeness (QED) is 0.829. The number of nitrogens with one attached hydrogen (secondary N) is 1. The molecule has 1 saturated heterocycles. The number of aromatic nitrogens is 2. The number of nitrogens with zero attached hydrogens (tertiary/aromatic N) is 2. The molecule has 0 radical (unpaired) electrons. The number of carbonyl (C=O) groups is 1. The number of nitrogens with two attached hydrogens (primary N) is 1. The van der Waals surface area contributed by atoms with E-state index in [0.29, 0.717) is 18.0 Å². The number of likely N-dealkylation sites (tertiary alicyclic amines) is 1. The Morgan fingerprint density at radius 1 is 1.56 bits per heavy atom. The van der Waals surface area contributed by atoms with Crippen molar-refractivity contribution in [2.45, 2.75) is 39.7 Å². The van der Waals surface area contributed by atoms with Crippen LogP contribution in [-0.2, 0) is 0 Å². The van der Waals surface area contributed by atoms with Crippen LogP contribution in [0.5, 0.6) is 0 Å². The van der Waals surface area contributed by atoms with Crippen LogP contribution in [0.15, 0.2) is 0 Å². The number of hydrogen-bond donors (Lipinski definition) is 2. The Bertz CT molecular complexity index is 421. The molecule has 5 nitrogen and oxygen atoms in total. The molecule has 0 saturated carbocycles. The lowest BCUT2D eigenvalue weighted by Gasteiger charge is -2.38. The molecule has 18 heavy (non-hydrogen) atoms. The molecule has 2 unspecified atom stereocenters. The van der Waals surface area contributed by atoms with Gasteiger partial charge in [-0.1, -0.05) is 6.92 Å². The average molecular weight is 250 g/mol. The van der Waals surface area contributed by atoms with E-state index in [1.807, 2.05) is 18.7 Å². The molecule has 2 rings (SSSR count). The maximum absolute atomic E-state index is 12.6. The highest BCUT2D eigenvalue weighted by Crippen LogP contribution is 2.24. The molecule has 0 aliphatic carbocycles. The van der Waals surface area contributed by atoms with E-state index in [1.54, 1.807) is 0 Å². The second kappa shape index (κ2) is 5.10. The van der Waals surface area contributed by atoms with Crippen molar-refractivity contribution in [1.29, 1.82) is 0 Å². The fourth-order valence-electron chi connectivity index (χ4n) is 2.75. The molecule has 1 amide bonds. The Morgan fingerprint density at radius 2 is 2.28 bits per heavy atom. The summed E-state index contributed by atoms with van der Waals surface area (Å²) in [6.45, 7) is 7.30. The average Bonchev–Trinajstić information content (AvgIpc) is 2.68. The van der Waals surface area contributed by atoms with Gasteiger partial charge in [0.05, 0.1) is 11.3 Å². The largest absolute Gasteiger partial charge is 0.334 e. The van der Waals surface area contributed by atoms with Crippen LogP contribution in [0.25, 0.3) is 0 Å². The van der Waals surface area contributed by atoms with Crippen LogP contribution < -0.4 is 5.73 Å². The molecule has 1 aliphatic rings. The third-order valence-corrected chi connectivity index (χ3v) is 3.85. The number of aromatic amines is 1. The molecule has 2 heterocycles. The van der Waals surface area contributed by atoms with Crippen molar-refractivity contribution < 1.29 is 4.79 Å². The van der Waals surface area contributed by atoms with E-state index in [2.05, 4.69) is 17.1 Å². The van der Waals surface area contributed by atoms with Gasteiger partial charge in [-0.2, -0.15) is 5.10 Å². The highest BCUT2D eigenvalue weighted by Gasteiger charge is 2.31. The summed E-state index contributed by atoms with van der Waals surface area (Å²) < 4.78 is 0. The summed E-state index contributed by atoms with van der Waals surface area (Å²) in [6, 6.07) is 0.162. The molecular formula is C13H22N4O. The zero-order chi connectivity index (χ0) is 13.3. The monoisotopic (exact) mass is 250 g/mol. The number of piperidine rings is 1. The second-order valence-corrected chi connectivity index (χ2v) is 5.33. The fourth-order valence-corrected chi connectivity index (χ4v) is 2.75. The minimum Gasteiger partial charge on any atom is -0.334 e. The number of amides is 1. The summed E-state index contributed by atoms with van der Waals surface area (Å²) in [5.74, 6) is 0.718. The maximum atomic E-state index is 12.6. The van der Waals surface area contributed by atoms with Crippen LogP contribution in [0, 0.1) is 19.8 Å². The SMILES string of the molecule is Cc1n[nH]c(C)c1C(=O)N1CCC(C)CC1CN. The topological polar surface area (TPSA) is 75.0 Å². The van der Waals surface area contributed by atoms with E-state index in [1.165, 1.54) is 0 Å². The third-order valence-electron chi connectivity index (χ3n) is 3.85. The first-order valence-corrected chi connectivity index (χ1v) is 6.57. The van der Waals surface area contributed by atoms with Gasteiger partial charge in [0.25, 0.3) is 5.91 Å². The van der Waals surface area contributed by atoms with Gasteiger partial charge in [0.15, 0.2) is 0 Å². The highest BCUT2D eigenvalue weighted by atomic mass is 16.2. The van der Waals surface area contributed by atoms with Crippen molar-refractivity contribution >= 4 is 5.91 Å². The van der Waals surface area contributed by atoms with Gasteiger partial charge in [-0.25, -0.2) is 0 Å². The van der Waals surface area contributed by atoms with Crippen molar-refractivity contribution in [3.8, 4) is 0 Å². The number of H-pyrrole nitrogens is 1. The lowest BCUT2D eigenvalue weighted by molar-refractivity contribution is 0.0572. The van der Waals surface area contributed by atoms with Gasteiger partial charge in [-0.05, 0) is 32.6 Å². The molecule has 2 atom stereocenters. The molecular weight excluding hydrogens is 228 g/mol. The van der Waals surface area contributed by atoms with E-state index >= 15 is 0 Å². The lowest BCUT2D eigenvalue weighted by Crippen LogP contribution is -2.49. The molecule has 0 aromatic carbocycles. The first-order valence-electron chi connectivity index (χ1n) is 6.57. The Hall–Kier alpha value is -1.36. The summed E-state index contributed by atoms with van der Waals surface area (Å²) in [6.07, 6.45) is 2.05. The first-order chi connectivity index (χ1) is 8.54. The summed E-state index contributed by atoms with van der Waals surface area (Å²) in [5, 5.41) is 6.96. The normalized spacial score (nSPS) is 24.3. The van der Waals surface area contributed by atoms with Crippen molar-refractivity contribution in [3.63, 3.8) is 0 Å². The van der Waals surface area contributed by atoms with Crippen LogP contribution in [0.1, 0.15) is 41.5 Å². The Morgan fingerprint density at radius 3 is 2.83 bits per heavy atom. The van der Waals surface area contributed by atoms with Gasteiger partial charge in [0, 0.05) is 24.8 Å². The van der Waals surface area contributed by atoms with E-state index in [-0.39, 0.29) is 11.9 Å². The minimum absolute atomic E-state index is 0.0705. The van der Waals surface area contributed by atoms with Gasteiger partial charge in [0.2, 0.25) is 0 Å². The summed E-state index contributed by atoms with van der Waals surface area (Å²) in [5.41, 5.74) is 8.13. The molecule has 100 valence electrons. The molecule has 1 aromatic rings. The highest BCUT2D eigenvalue weighted by molar-refractivity contribution is 5.96. The molecule has 0 bridgehead atoms. The van der Waals surface area contributed by atoms with Crippen LogP contribution >= 0.6 is 0 Å². The molecule has 1 aromatic heterocycles. The van der Waals surface area contributed by atoms with Crippen LogP contribution in [0.3, 0.4) is 0 Å². The third kappa shape index (κ3) is 2.27. The van der Waals surface area contributed by atoms with E-state index in [9.17, 15) is 4.79 Å². The predicted octanol–water partition coefficient (Wildman–Crippen LogP) is 1.23. The fraction of sp³-hybridized carbons (Fsp3) is 0.692. The molecule has 1 aliphatic heterocycles. The van der Waals surface area contributed by atoms with Crippen LogP contribution in [0.2, 0.25) is 0 Å². The molecule has 3 N–H and O–H groups in total. The number of hydrogen-bond acceptors (Lipinski definition) is 3. The second-order valence-electron chi connectivity index (χ2n) is 5.33. The van der Waals surface area contributed by atoms with E-state index in [4.69, 9.17) is 5.73 Å². The van der Waals surface area contributed by atoms with Crippen LogP contribution in [0.4, 0.5) is 0 Å². The number of rotatable bonds is 2. The van der Waals surface area contributed by atoms with E-state index < -0.39 is 0 Å².